The molecule has 0 saturated carbocycles. The minimum atomic E-state index is -0.306. The largest absolute Gasteiger partial charge is 0.462 e. The summed E-state index contributed by atoms with van der Waals surface area (Å²) in [4.78, 5) is 20.1. The molecule has 4 rings (SSSR count). The quantitative estimate of drug-likeness (QED) is 0.397. The van der Waals surface area contributed by atoms with Crippen LogP contribution in [0.1, 0.15) is 16.6 Å². The lowest BCUT2D eigenvalue weighted by Gasteiger charge is -2.33. The van der Waals surface area contributed by atoms with Crippen LogP contribution in [-0.2, 0) is 4.74 Å². The summed E-state index contributed by atoms with van der Waals surface area (Å²) in [7, 11) is 0. The Balaban J connectivity index is 1.30. The Kier molecular flexibility index (Phi) is 6.66. The third-order valence-corrected chi connectivity index (χ3v) is 6.89. The number of thiazole rings is 1. The van der Waals surface area contributed by atoms with Crippen molar-refractivity contribution < 1.29 is 13.9 Å². The Labute approximate surface area is 183 Å². The molecule has 5 nitrogen and oxygen atoms in total. The van der Waals surface area contributed by atoms with Crippen molar-refractivity contribution in [1.29, 1.82) is 0 Å². The Bertz CT molecular complexity index is 984. The zero-order valence-corrected chi connectivity index (χ0v) is 18.2. The van der Waals surface area contributed by atoms with Gasteiger partial charge in [0, 0.05) is 31.1 Å². The predicted octanol–water partition coefficient (Wildman–Crippen LogP) is 4.96. The Morgan fingerprint density at radius 2 is 1.70 bits per heavy atom. The van der Waals surface area contributed by atoms with Crippen LogP contribution in [-0.4, -0.2) is 48.0 Å². The van der Waals surface area contributed by atoms with Crippen molar-refractivity contribution >= 4 is 34.4 Å². The summed E-state index contributed by atoms with van der Waals surface area (Å²) in [5.41, 5.74) is 2.08. The van der Waals surface area contributed by atoms with Gasteiger partial charge in [-0.2, -0.15) is 0 Å². The monoisotopic (exact) mass is 443 g/mol. The number of aromatic nitrogens is 1. The maximum absolute atomic E-state index is 13.1. The zero-order chi connectivity index (χ0) is 20.9. The number of rotatable bonds is 6. The number of benzene rings is 2. The van der Waals surface area contributed by atoms with E-state index < -0.39 is 0 Å². The Morgan fingerprint density at radius 3 is 2.33 bits per heavy atom. The molecule has 1 fully saturated rings. The van der Waals surface area contributed by atoms with Crippen LogP contribution in [0.15, 0.2) is 59.6 Å². The van der Waals surface area contributed by atoms with E-state index in [1.165, 1.54) is 28.4 Å². The van der Waals surface area contributed by atoms with Gasteiger partial charge in [0.15, 0.2) is 5.13 Å². The third-order valence-electron chi connectivity index (χ3n) is 4.75. The van der Waals surface area contributed by atoms with Crippen LogP contribution >= 0.6 is 23.3 Å². The molecule has 156 valence electrons. The molecule has 1 aromatic heterocycles. The number of ether oxygens (including phenoxy) is 1. The SMILES string of the molecule is CCOC(=O)c1cnc(N2CCN(Sc3ccc(-c4ccc(F)cc4)cc3)CC2)s1. The van der Waals surface area contributed by atoms with Crippen molar-refractivity contribution in [2.75, 3.05) is 37.7 Å². The normalized spacial score (nSPS) is 14.7. The molecule has 0 aliphatic carbocycles. The number of hydrogen-bond acceptors (Lipinski definition) is 7. The maximum atomic E-state index is 13.1. The first kappa shape index (κ1) is 20.8. The number of carbonyl (C=O) groups is 1. The molecule has 0 unspecified atom stereocenters. The van der Waals surface area contributed by atoms with Crippen LogP contribution in [0.2, 0.25) is 0 Å². The first-order valence-electron chi connectivity index (χ1n) is 9.79. The molecule has 3 aromatic rings. The van der Waals surface area contributed by atoms with Crippen LogP contribution in [0.25, 0.3) is 11.1 Å². The van der Waals surface area contributed by atoms with Gasteiger partial charge in [-0.25, -0.2) is 18.5 Å². The molecule has 1 aliphatic rings. The summed E-state index contributed by atoms with van der Waals surface area (Å²) in [6, 6.07) is 14.9. The molecular formula is C22H22FN3O2S2. The molecule has 2 aromatic carbocycles. The van der Waals surface area contributed by atoms with Crippen LogP contribution in [0, 0.1) is 5.82 Å². The minimum absolute atomic E-state index is 0.222. The lowest BCUT2D eigenvalue weighted by molar-refractivity contribution is 0.0532. The number of carbonyl (C=O) groups excluding carboxylic acids is 1. The highest BCUT2D eigenvalue weighted by Crippen LogP contribution is 2.29. The number of esters is 1. The van der Waals surface area contributed by atoms with Gasteiger partial charge < -0.3 is 9.64 Å². The first-order chi connectivity index (χ1) is 14.6. The molecule has 0 N–H and O–H groups in total. The molecule has 0 radical (unpaired) electrons. The summed E-state index contributed by atoms with van der Waals surface area (Å²) in [6.07, 6.45) is 1.60. The van der Waals surface area contributed by atoms with Crippen molar-refractivity contribution in [1.82, 2.24) is 9.29 Å². The van der Waals surface area contributed by atoms with Gasteiger partial charge in [-0.15, -0.1) is 0 Å². The highest BCUT2D eigenvalue weighted by atomic mass is 32.2. The van der Waals surface area contributed by atoms with Crippen molar-refractivity contribution in [2.45, 2.75) is 11.8 Å². The lowest BCUT2D eigenvalue weighted by atomic mass is 10.1. The highest BCUT2D eigenvalue weighted by molar-refractivity contribution is 7.97. The molecule has 0 spiro atoms. The Morgan fingerprint density at radius 1 is 1.07 bits per heavy atom. The molecule has 0 bridgehead atoms. The van der Waals surface area contributed by atoms with E-state index in [-0.39, 0.29) is 11.8 Å². The van der Waals surface area contributed by atoms with Gasteiger partial charge in [0.25, 0.3) is 0 Å². The number of nitrogens with zero attached hydrogens (tertiary/aromatic N) is 3. The van der Waals surface area contributed by atoms with E-state index in [1.54, 1.807) is 37.2 Å². The lowest BCUT2D eigenvalue weighted by Crippen LogP contribution is -2.43. The van der Waals surface area contributed by atoms with E-state index in [0.29, 0.717) is 11.5 Å². The fraction of sp³-hybridized carbons (Fsp3) is 0.273. The van der Waals surface area contributed by atoms with Gasteiger partial charge in [-0.1, -0.05) is 35.6 Å². The van der Waals surface area contributed by atoms with Crippen molar-refractivity contribution in [3.05, 3.63) is 65.4 Å². The molecule has 1 aliphatic heterocycles. The predicted molar refractivity (Wildman–Crippen MR) is 120 cm³/mol. The van der Waals surface area contributed by atoms with E-state index in [4.69, 9.17) is 4.74 Å². The molecule has 0 amide bonds. The van der Waals surface area contributed by atoms with Gasteiger partial charge in [-0.05, 0) is 54.3 Å². The average Bonchev–Trinajstić information content (AvgIpc) is 3.26. The molecule has 1 saturated heterocycles. The van der Waals surface area contributed by atoms with E-state index in [9.17, 15) is 9.18 Å². The van der Waals surface area contributed by atoms with Crippen molar-refractivity contribution in [2.24, 2.45) is 0 Å². The second kappa shape index (κ2) is 9.59. The number of hydrogen-bond donors (Lipinski definition) is 0. The average molecular weight is 444 g/mol. The van der Waals surface area contributed by atoms with Gasteiger partial charge in [0.2, 0.25) is 0 Å². The number of halogens is 1. The number of piperazine rings is 1. The van der Waals surface area contributed by atoms with E-state index in [1.807, 2.05) is 0 Å². The first-order valence-corrected chi connectivity index (χ1v) is 11.4. The van der Waals surface area contributed by atoms with E-state index in [2.05, 4.69) is 38.5 Å². The van der Waals surface area contributed by atoms with E-state index >= 15 is 0 Å². The smallest absolute Gasteiger partial charge is 0.350 e. The topological polar surface area (TPSA) is 45.7 Å². The summed E-state index contributed by atoms with van der Waals surface area (Å²) < 4.78 is 20.5. The molecule has 8 heteroatoms. The second-order valence-electron chi connectivity index (χ2n) is 6.77. The zero-order valence-electron chi connectivity index (χ0n) is 16.6. The molecule has 0 atom stereocenters. The number of anilines is 1. The van der Waals surface area contributed by atoms with Gasteiger partial charge in [0.05, 0.1) is 12.8 Å². The van der Waals surface area contributed by atoms with Crippen LogP contribution < -0.4 is 4.90 Å². The fourth-order valence-corrected chi connectivity index (χ4v) is 4.94. The summed E-state index contributed by atoms with van der Waals surface area (Å²) >= 11 is 3.12. The molecular weight excluding hydrogens is 421 g/mol. The summed E-state index contributed by atoms with van der Waals surface area (Å²) in [5.74, 6) is -0.528. The standard InChI is InChI=1S/C22H22FN3O2S2/c1-2-28-21(27)20-15-24-22(29-20)25-11-13-26(14-12-25)30-19-9-5-17(6-10-19)16-3-7-18(23)8-4-16/h3-10,15H,2,11-14H2,1H3. The minimum Gasteiger partial charge on any atom is -0.462 e. The maximum Gasteiger partial charge on any atom is 0.350 e. The fourth-order valence-electron chi connectivity index (χ4n) is 3.18. The Hall–Kier alpha value is -2.42. The van der Waals surface area contributed by atoms with Crippen molar-refractivity contribution in [3.8, 4) is 11.1 Å². The molecule has 30 heavy (non-hydrogen) atoms. The second-order valence-corrected chi connectivity index (χ2v) is 8.95. The van der Waals surface area contributed by atoms with Crippen LogP contribution in [0.4, 0.5) is 9.52 Å². The van der Waals surface area contributed by atoms with Gasteiger partial charge in [-0.3, -0.25) is 0 Å². The van der Waals surface area contributed by atoms with Crippen LogP contribution in [0.5, 0.6) is 0 Å². The molecule has 2 heterocycles. The van der Waals surface area contributed by atoms with Crippen LogP contribution in [0.3, 0.4) is 0 Å². The summed E-state index contributed by atoms with van der Waals surface area (Å²) in [6.45, 7) is 5.68. The van der Waals surface area contributed by atoms with Gasteiger partial charge >= 0.3 is 5.97 Å². The van der Waals surface area contributed by atoms with Gasteiger partial charge in [0.1, 0.15) is 10.7 Å². The van der Waals surface area contributed by atoms with Crippen molar-refractivity contribution in [3.63, 3.8) is 0 Å². The van der Waals surface area contributed by atoms with E-state index in [0.717, 1.165) is 42.4 Å². The highest BCUT2D eigenvalue weighted by Gasteiger charge is 2.21. The third kappa shape index (κ3) is 5.00. The summed E-state index contributed by atoms with van der Waals surface area (Å²) in [5, 5.41) is 0.867.